The lowest BCUT2D eigenvalue weighted by atomic mass is 10.0. The highest BCUT2D eigenvalue weighted by Crippen LogP contribution is 2.22. The van der Waals surface area contributed by atoms with Gasteiger partial charge in [0, 0.05) is 41.6 Å². The van der Waals surface area contributed by atoms with Crippen LogP contribution in [0.2, 0.25) is 5.02 Å². The summed E-state index contributed by atoms with van der Waals surface area (Å²) >= 11 is 7.63. The van der Waals surface area contributed by atoms with Crippen molar-refractivity contribution in [3.63, 3.8) is 0 Å². The zero-order valence-electron chi connectivity index (χ0n) is 15.8. The molecule has 29 heavy (non-hydrogen) atoms. The van der Waals surface area contributed by atoms with Gasteiger partial charge in [0.2, 0.25) is 0 Å². The van der Waals surface area contributed by atoms with Crippen molar-refractivity contribution in [2.75, 3.05) is 18.4 Å². The number of halogens is 1. The molecule has 1 aliphatic rings. The Kier molecular flexibility index (Phi) is 5.18. The summed E-state index contributed by atoms with van der Waals surface area (Å²) in [7, 11) is 0. The van der Waals surface area contributed by atoms with Gasteiger partial charge in [-0.3, -0.25) is 4.90 Å². The van der Waals surface area contributed by atoms with Gasteiger partial charge < -0.3 is 5.32 Å². The van der Waals surface area contributed by atoms with Gasteiger partial charge in [-0.25, -0.2) is 0 Å². The van der Waals surface area contributed by atoms with E-state index in [4.69, 9.17) is 16.7 Å². The van der Waals surface area contributed by atoms with Crippen LogP contribution in [0, 0.1) is 0 Å². The SMILES string of the molecule is Clc1ccc(CN2CCC(Nc3ccc4nnc(-c5ccsc5)n4n3)CC2)cc1. The quantitative estimate of drug-likeness (QED) is 0.508. The molecule has 148 valence electrons. The summed E-state index contributed by atoms with van der Waals surface area (Å²) in [5.41, 5.74) is 3.11. The molecule has 5 rings (SSSR count). The molecule has 0 aliphatic carbocycles. The lowest BCUT2D eigenvalue weighted by molar-refractivity contribution is 0.211. The molecule has 8 heteroatoms. The van der Waals surface area contributed by atoms with E-state index in [9.17, 15) is 0 Å². The number of piperidine rings is 1. The third-order valence-corrected chi connectivity index (χ3v) is 6.24. The summed E-state index contributed by atoms with van der Waals surface area (Å²) in [5, 5.41) is 21.8. The summed E-state index contributed by atoms with van der Waals surface area (Å²) in [5.74, 6) is 1.65. The molecule has 0 atom stereocenters. The van der Waals surface area contributed by atoms with E-state index in [2.05, 4.69) is 37.9 Å². The first kappa shape index (κ1) is 18.5. The van der Waals surface area contributed by atoms with Crippen molar-refractivity contribution < 1.29 is 0 Å². The van der Waals surface area contributed by atoms with Crippen LogP contribution in [0.3, 0.4) is 0 Å². The molecule has 1 fully saturated rings. The minimum absolute atomic E-state index is 0.419. The van der Waals surface area contributed by atoms with Gasteiger partial charge in [-0.2, -0.15) is 15.9 Å². The van der Waals surface area contributed by atoms with Crippen LogP contribution in [-0.2, 0) is 6.54 Å². The fourth-order valence-corrected chi connectivity index (χ4v) is 4.49. The molecule has 0 unspecified atom stereocenters. The summed E-state index contributed by atoms with van der Waals surface area (Å²) in [6.45, 7) is 3.10. The fourth-order valence-electron chi connectivity index (χ4n) is 3.73. The second-order valence-corrected chi connectivity index (χ2v) is 8.56. The molecular formula is C21H21ClN6S. The van der Waals surface area contributed by atoms with Gasteiger partial charge in [0.15, 0.2) is 11.5 Å². The number of nitrogens with one attached hydrogen (secondary N) is 1. The Labute approximate surface area is 178 Å². The maximum absolute atomic E-state index is 5.98. The second kappa shape index (κ2) is 8.10. The second-order valence-electron chi connectivity index (χ2n) is 7.35. The molecule has 6 nitrogen and oxygen atoms in total. The number of thiophene rings is 1. The van der Waals surface area contributed by atoms with E-state index >= 15 is 0 Å². The average Bonchev–Trinajstić information content (AvgIpc) is 3.40. The van der Waals surface area contributed by atoms with Crippen molar-refractivity contribution in [1.29, 1.82) is 0 Å². The van der Waals surface area contributed by atoms with Gasteiger partial charge in [-0.15, -0.1) is 15.3 Å². The molecule has 3 aromatic heterocycles. The predicted octanol–water partition coefficient (Wildman–Crippen LogP) is 4.58. The van der Waals surface area contributed by atoms with Gasteiger partial charge >= 0.3 is 0 Å². The molecule has 0 spiro atoms. The number of nitrogens with zero attached hydrogens (tertiary/aromatic N) is 5. The molecule has 4 aromatic rings. The number of anilines is 1. The van der Waals surface area contributed by atoms with Gasteiger partial charge in [0.05, 0.1) is 0 Å². The van der Waals surface area contributed by atoms with Crippen molar-refractivity contribution in [3.8, 4) is 11.4 Å². The standard InChI is InChI=1S/C21H21ClN6S/c22-17-3-1-15(2-4-17)13-27-10-7-18(8-11-27)23-19-5-6-20-24-25-21(28(20)26-19)16-9-12-29-14-16/h1-6,9,12,14,18H,7-8,10-11,13H2,(H,23,26). The largest absolute Gasteiger partial charge is 0.366 e. The highest BCUT2D eigenvalue weighted by atomic mass is 35.5. The number of hydrogen-bond acceptors (Lipinski definition) is 6. The molecule has 0 radical (unpaired) electrons. The first-order valence-electron chi connectivity index (χ1n) is 9.73. The lowest BCUT2D eigenvalue weighted by Crippen LogP contribution is -2.38. The summed E-state index contributed by atoms with van der Waals surface area (Å²) < 4.78 is 1.82. The number of benzene rings is 1. The molecule has 1 saturated heterocycles. The van der Waals surface area contributed by atoms with Gasteiger partial charge in [0.1, 0.15) is 5.82 Å². The van der Waals surface area contributed by atoms with E-state index < -0.39 is 0 Å². The zero-order valence-corrected chi connectivity index (χ0v) is 17.4. The van der Waals surface area contributed by atoms with Crippen molar-refractivity contribution in [2.24, 2.45) is 0 Å². The van der Waals surface area contributed by atoms with Crippen LogP contribution in [0.5, 0.6) is 0 Å². The maximum atomic E-state index is 5.98. The van der Waals surface area contributed by atoms with Crippen molar-refractivity contribution in [3.05, 3.63) is 63.8 Å². The molecule has 0 saturated carbocycles. The minimum Gasteiger partial charge on any atom is -0.366 e. The normalized spacial score (nSPS) is 15.8. The summed E-state index contributed by atoms with van der Waals surface area (Å²) in [4.78, 5) is 2.49. The van der Waals surface area contributed by atoms with E-state index in [1.165, 1.54) is 5.56 Å². The minimum atomic E-state index is 0.419. The topological polar surface area (TPSA) is 58.3 Å². The van der Waals surface area contributed by atoms with Crippen LogP contribution in [0.15, 0.2) is 53.2 Å². The first-order valence-corrected chi connectivity index (χ1v) is 11.0. The van der Waals surface area contributed by atoms with Crippen LogP contribution < -0.4 is 5.32 Å². The Balaban J connectivity index is 1.23. The van der Waals surface area contributed by atoms with Crippen LogP contribution in [0.25, 0.3) is 17.0 Å². The fraction of sp³-hybridized carbons (Fsp3) is 0.286. The van der Waals surface area contributed by atoms with Gasteiger partial charge in [-0.1, -0.05) is 23.7 Å². The Bertz CT molecular complexity index is 1080. The molecular weight excluding hydrogens is 404 g/mol. The van der Waals surface area contributed by atoms with Crippen LogP contribution in [0.1, 0.15) is 18.4 Å². The third kappa shape index (κ3) is 4.12. The lowest BCUT2D eigenvalue weighted by Gasteiger charge is -2.32. The number of hydrogen-bond donors (Lipinski definition) is 1. The Morgan fingerprint density at radius 2 is 1.86 bits per heavy atom. The number of likely N-dealkylation sites (tertiary alicyclic amines) is 1. The van der Waals surface area contributed by atoms with Crippen LogP contribution >= 0.6 is 22.9 Å². The average molecular weight is 425 g/mol. The van der Waals surface area contributed by atoms with E-state index in [0.717, 1.165) is 60.4 Å². The Morgan fingerprint density at radius 1 is 1.03 bits per heavy atom. The molecule has 1 aliphatic heterocycles. The number of fused-ring (bicyclic) bond motifs is 1. The number of aromatic nitrogens is 4. The molecule has 0 amide bonds. The molecule has 4 heterocycles. The Morgan fingerprint density at radius 3 is 2.62 bits per heavy atom. The first-order chi connectivity index (χ1) is 14.2. The van der Waals surface area contributed by atoms with Crippen LogP contribution in [0.4, 0.5) is 5.82 Å². The van der Waals surface area contributed by atoms with Crippen LogP contribution in [-0.4, -0.2) is 43.8 Å². The highest BCUT2D eigenvalue weighted by molar-refractivity contribution is 7.08. The molecule has 0 bridgehead atoms. The molecule has 1 aromatic carbocycles. The highest BCUT2D eigenvalue weighted by Gasteiger charge is 2.20. The smallest absolute Gasteiger partial charge is 0.186 e. The van der Waals surface area contributed by atoms with Crippen molar-refractivity contribution >= 4 is 34.4 Å². The maximum Gasteiger partial charge on any atom is 0.186 e. The third-order valence-electron chi connectivity index (χ3n) is 5.30. The van der Waals surface area contributed by atoms with Gasteiger partial charge in [0.25, 0.3) is 0 Å². The van der Waals surface area contributed by atoms with E-state index in [1.54, 1.807) is 11.3 Å². The van der Waals surface area contributed by atoms with E-state index in [-0.39, 0.29) is 0 Å². The zero-order chi connectivity index (χ0) is 19.6. The van der Waals surface area contributed by atoms with E-state index in [0.29, 0.717) is 6.04 Å². The number of rotatable bonds is 5. The Hall–Kier alpha value is -2.48. The predicted molar refractivity (Wildman–Crippen MR) is 117 cm³/mol. The monoisotopic (exact) mass is 424 g/mol. The van der Waals surface area contributed by atoms with Crippen molar-refractivity contribution in [1.82, 2.24) is 24.7 Å². The van der Waals surface area contributed by atoms with E-state index in [1.807, 2.05) is 40.2 Å². The summed E-state index contributed by atoms with van der Waals surface area (Å²) in [6, 6.07) is 14.5. The van der Waals surface area contributed by atoms with Crippen molar-refractivity contribution in [2.45, 2.75) is 25.4 Å². The van der Waals surface area contributed by atoms with Gasteiger partial charge in [-0.05, 0) is 54.1 Å². The summed E-state index contributed by atoms with van der Waals surface area (Å²) in [6.07, 6.45) is 2.18. The molecule has 1 N–H and O–H groups in total.